The molecule has 2 heteroatoms. The molecule has 2 saturated heterocycles. The first-order valence-electron chi connectivity index (χ1n) is 6.31. The number of nitrogens with zero attached hydrogens (tertiary/aromatic N) is 1. The number of rotatable bonds is 2. The van der Waals surface area contributed by atoms with Gasteiger partial charge in [0.2, 0.25) is 0 Å². The molecular weight excluding hydrogens is 186 g/mol. The van der Waals surface area contributed by atoms with Crippen LogP contribution in [0.3, 0.4) is 0 Å². The van der Waals surface area contributed by atoms with Crippen molar-refractivity contribution in [3.05, 3.63) is 0 Å². The van der Waals surface area contributed by atoms with Crippen molar-refractivity contribution < 1.29 is 4.74 Å². The van der Waals surface area contributed by atoms with Crippen molar-refractivity contribution in [2.45, 2.75) is 27.2 Å². The largest absolute Gasteiger partial charge is 0.381 e. The van der Waals surface area contributed by atoms with E-state index in [-0.39, 0.29) is 0 Å². The smallest absolute Gasteiger partial charge is 0.0509 e. The normalized spacial score (nSPS) is 38.0. The zero-order valence-electron chi connectivity index (χ0n) is 10.6. The molecule has 2 aliphatic heterocycles. The Kier molecular flexibility index (Phi) is 3.09. The molecule has 88 valence electrons. The Balaban J connectivity index is 2.17. The maximum Gasteiger partial charge on any atom is 0.0509 e. The van der Waals surface area contributed by atoms with Crippen LogP contribution in [0.25, 0.3) is 0 Å². The van der Waals surface area contributed by atoms with E-state index in [1.807, 2.05) is 0 Å². The third-order valence-corrected chi connectivity index (χ3v) is 4.59. The Morgan fingerprint density at radius 2 is 1.73 bits per heavy atom. The average Bonchev–Trinajstić information content (AvgIpc) is 2.16. The number of piperidine rings is 1. The fraction of sp³-hybridized carbons (Fsp3) is 1.00. The molecule has 2 aliphatic rings. The Morgan fingerprint density at radius 3 is 2.20 bits per heavy atom. The lowest BCUT2D eigenvalue weighted by Gasteiger charge is -2.52. The Hall–Kier alpha value is -0.0800. The van der Waals surface area contributed by atoms with Gasteiger partial charge in [0.25, 0.3) is 0 Å². The minimum Gasteiger partial charge on any atom is -0.381 e. The number of hydrogen-bond acceptors (Lipinski definition) is 2. The van der Waals surface area contributed by atoms with Gasteiger partial charge in [0.05, 0.1) is 13.2 Å². The van der Waals surface area contributed by atoms with Gasteiger partial charge in [-0.25, -0.2) is 0 Å². The van der Waals surface area contributed by atoms with Crippen molar-refractivity contribution in [1.82, 2.24) is 4.90 Å². The Bertz CT molecular complexity index is 213. The van der Waals surface area contributed by atoms with Gasteiger partial charge in [-0.1, -0.05) is 27.2 Å². The van der Waals surface area contributed by atoms with Crippen molar-refractivity contribution in [1.29, 1.82) is 0 Å². The van der Waals surface area contributed by atoms with Crippen molar-refractivity contribution in [2.75, 3.05) is 33.4 Å². The van der Waals surface area contributed by atoms with Gasteiger partial charge in [-0.3, -0.25) is 0 Å². The van der Waals surface area contributed by atoms with Crippen LogP contribution in [0.4, 0.5) is 0 Å². The molecule has 0 aromatic rings. The van der Waals surface area contributed by atoms with Gasteiger partial charge in [-0.15, -0.1) is 0 Å². The lowest BCUT2D eigenvalue weighted by atomic mass is 9.62. The lowest BCUT2D eigenvalue weighted by molar-refractivity contribution is -0.116. The zero-order valence-corrected chi connectivity index (χ0v) is 10.6. The highest BCUT2D eigenvalue weighted by molar-refractivity contribution is 4.95. The molecule has 15 heavy (non-hydrogen) atoms. The maximum atomic E-state index is 5.73. The number of ether oxygens (including phenoxy) is 1. The summed E-state index contributed by atoms with van der Waals surface area (Å²) in [5.41, 5.74) is 0.486. The van der Waals surface area contributed by atoms with Crippen LogP contribution in [0.15, 0.2) is 0 Å². The van der Waals surface area contributed by atoms with Crippen LogP contribution in [0.5, 0.6) is 0 Å². The highest BCUT2D eigenvalue weighted by atomic mass is 16.5. The summed E-state index contributed by atoms with van der Waals surface area (Å²) < 4.78 is 5.73. The summed E-state index contributed by atoms with van der Waals surface area (Å²) in [5.74, 6) is 2.39. The summed E-state index contributed by atoms with van der Waals surface area (Å²) in [6.07, 6.45) is 1.29. The second-order valence-electron chi connectivity index (χ2n) is 6.15. The fourth-order valence-electron chi connectivity index (χ4n) is 3.68. The second kappa shape index (κ2) is 4.06. The van der Waals surface area contributed by atoms with E-state index in [9.17, 15) is 0 Å². The molecule has 2 atom stereocenters. The summed E-state index contributed by atoms with van der Waals surface area (Å²) in [5, 5.41) is 0. The van der Waals surface area contributed by atoms with Crippen molar-refractivity contribution in [3.63, 3.8) is 0 Å². The molecule has 0 radical (unpaired) electrons. The highest BCUT2D eigenvalue weighted by Gasteiger charge is 2.45. The number of likely N-dealkylation sites (tertiary alicyclic amines) is 1. The lowest BCUT2D eigenvalue weighted by Crippen LogP contribution is -2.55. The molecule has 2 fully saturated rings. The van der Waals surface area contributed by atoms with Crippen LogP contribution < -0.4 is 0 Å². The maximum absolute atomic E-state index is 5.73. The predicted octanol–water partition coefficient (Wildman–Crippen LogP) is 2.25. The molecule has 2 rings (SSSR count). The summed E-state index contributed by atoms with van der Waals surface area (Å²) in [6.45, 7) is 11.6. The number of fused-ring (bicyclic) bond motifs is 2. The van der Waals surface area contributed by atoms with Gasteiger partial charge < -0.3 is 9.64 Å². The molecule has 0 aliphatic carbocycles. The monoisotopic (exact) mass is 211 g/mol. The summed E-state index contributed by atoms with van der Waals surface area (Å²) in [6, 6.07) is 0. The van der Waals surface area contributed by atoms with Gasteiger partial charge in [0.1, 0.15) is 0 Å². The van der Waals surface area contributed by atoms with Gasteiger partial charge in [0, 0.05) is 13.1 Å². The Morgan fingerprint density at radius 1 is 1.20 bits per heavy atom. The van der Waals surface area contributed by atoms with Gasteiger partial charge in [-0.2, -0.15) is 0 Å². The first-order chi connectivity index (χ1) is 7.04. The fourth-order valence-corrected chi connectivity index (χ4v) is 3.68. The summed E-state index contributed by atoms with van der Waals surface area (Å²) >= 11 is 0. The summed E-state index contributed by atoms with van der Waals surface area (Å²) in [7, 11) is 2.25. The van der Waals surface area contributed by atoms with Crippen LogP contribution in [0, 0.1) is 23.2 Å². The van der Waals surface area contributed by atoms with Gasteiger partial charge >= 0.3 is 0 Å². The third-order valence-electron chi connectivity index (χ3n) is 4.59. The molecule has 2 heterocycles. The van der Waals surface area contributed by atoms with E-state index in [0.717, 1.165) is 31.0 Å². The van der Waals surface area contributed by atoms with Gasteiger partial charge in [0.15, 0.2) is 0 Å². The van der Waals surface area contributed by atoms with Gasteiger partial charge in [-0.05, 0) is 30.2 Å². The first-order valence-corrected chi connectivity index (χ1v) is 6.31. The molecule has 0 aromatic carbocycles. The summed E-state index contributed by atoms with van der Waals surface area (Å²) in [4.78, 5) is 2.49. The van der Waals surface area contributed by atoms with Crippen LogP contribution in [0.1, 0.15) is 27.2 Å². The molecule has 0 saturated carbocycles. The molecule has 0 N–H and O–H groups in total. The van der Waals surface area contributed by atoms with E-state index in [1.54, 1.807) is 0 Å². The molecule has 0 amide bonds. The molecule has 2 nitrogen and oxygen atoms in total. The van der Waals surface area contributed by atoms with Crippen LogP contribution >= 0.6 is 0 Å². The van der Waals surface area contributed by atoms with E-state index < -0.39 is 0 Å². The SMILES string of the molecule is CCC(C)(C)C1C2COCC1CN(C)C2. The molecular formula is C13H25NO. The standard InChI is InChI=1S/C13H25NO/c1-5-13(2,3)12-10-6-14(4)7-11(12)9-15-8-10/h10-12H,5-9H2,1-4H3. The molecule has 0 aromatic heterocycles. The van der Waals surface area contributed by atoms with Crippen molar-refractivity contribution in [2.24, 2.45) is 23.2 Å². The van der Waals surface area contributed by atoms with Crippen molar-refractivity contribution in [3.8, 4) is 0 Å². The third kappa shape index (κ3) is 2.07. The minimum atomic E-state index is 0.486. The molecule has 2 bridgehead atoms. The minimum absolute atomic E-state index is 0.486. The zero-order chi connectivity index (χ0) is 11.1. The first kappa shape index (κ1) is 11.4. The average molecular weight is 211 g/mol. The van der Waals surface area contributed by atoms with E-state index in [1.165, 1.54) is 19.5 Å². The van der Waals surface area contributed by atoms with E-state index in [4.69, 9.17) is 4.74 Å². The molecule has 0 spiro atoms. The van der Waals surface area contributed by atoms with E-state index in [0.29, 0.717) is 5.41 Å². The second-order valence-corrected chi connectivity index (χ2v) is 6.15. The van der Waals surface area contributed by atoms with E-state index >= 15 is 0 Å². The van der Waals surface area contributed by atoms with Crippen LogP contribution in [-0.2, 0) is 4.74 Å². The number of hydrogen-bond donors (Lipinski definition) is 0. The Labute approximate surface area is 94.0 Å². The van der Waals surface area contributed by atoms with Crippen LogP contribution in [-0.4, -0.2) is 38.3 Å². The highest BCUT2D eigenvalue weighted by Crippen LogP contribution is 2.45. The topological polar surface area (TPSA) is 12.5 Å². The predicted molar refractivity (Wildman–Crippen MR) is 62.9 cm³/mol. The van der Waals surface area contributed by atoms with Crippen LogP contribution in [0.2, 0.25) is 0 Å². The quantitative estimate of drug-likeness (QED) is 0.694. The molecule has 2 unspecified atom stereocenters. The van der Waals surface area contributed by atoms with Crippen molar-refractivity contribution >= 4 is 0 Å². The van der Waals surface area contributed by atoms with E-state index in [2.05, 4.69) is 32.7 Å².